The number of benzene rings is 2. The molecule has 2 aromatic rings. The van der Waals surface area contributed by atoms with Crippen LogP contribution in [0, 0.1) is 23.7 Å². The van der Waals surface area contributed by atoms with Gasteiger partial charge >= 0.3 is 6.18 Å². The maximum absolute atomic E-state index is 12.6. The van der Waals surface area contributed by atoms with Crippen molar-refractivity contribution in [1.29, 1.82) is 0 Å². The lowest BCUT2D eigenvalue weighted by Crippen LogP contribution is -2.46. The second-order valence-corrected chi connectivity index (χ2v) is 14.8. The summed E-state index contributed by atoms with van der Waals surface area (Å²) in [6.07, 6.45) is 0.135. The van der Waals surface area contributed by atoms with E-state index in [1.807, 2.05) is 6.07 Å². The third-order valence-corrected chi connectivity index (χ3v) is 10.3. The number of aromatic hydroxyl groups is 1. The van der Waals surface area contributed by atoms with E-state index in [2.05, 4.69) is 37.5 Å². The van der Waals surface area contributed by atoms with Gasteiger partial charge in [0.25, 0.3) is 0 Å². The molecule has 11 heteroatoms. The first-order valence-electron chi connectivity index (χ1n) is 17.5. The fraction of sp³-hybridized carbons (Fsp3) is 0.632. The van der Waals surface area contributed by atoms with Gasteiger partial charge in [-0.25, -0.2) is 0 Å². The summed E-state index contributed by atoms with van der Waals surface area (Å²) < 4.78 is 52.9. The number of hydrogen-bond acceptors (Lipinski definition) is 8. The van der Waals surface area contributed by atoms with E-state index in [-0.39, 0.29) is 47.0 Å². The largest absolute Gasteiger partial charge is 0.504 e. The lowest BCUT2D eigenvalue weighted by atomic mass is 9.80. The molecule has 2 aromatic carbocycles. The number of ether oxygens (including phenoxy) is 3. The maximum Gasteiger partial charge on any atom is 0.422 e. The zero-order valence-corrected chi connectivity index (χ0v) is 29.6. The normalized spacial score (nSPS) is 24.0. The van der Waals surface area contributed by atoms with Gasteiger partial charge in [-0.15, -0.1) is 0 Å². The standard InChI is InChI=1S/C20H26F3NO3.C18H25NO3/c1-12(2)6-14-10-24-5-4-13-7-19(27-11-20(21,22)23)18(26-3)8-15(13)16(24)9-17(14)25;1-11(2)6-13-10-19-5-4-12-7-17(21)18(22-3)8-14(12)15(19)9-16(13)20/h7-8,12,14,16H,4-6,9-11H2,1-3H3;7-8,11,13,15,21H,4-6,9-10H2,1-3H3. The van der Waals surface area contributed by atoms with Crippen LogP contribution >= 0.6 is 0 Å². The van der Waals surface area contributed by atoms with Gasteiger partial charge in [-0.1, -0.05) is 27.7 Å². The van der Waals surface area contributed by atoms with E-state index in [0.29, 0.717) is 36.2 Å². The zero-order valence-electron chi connectivity index (χ0n) is 29.6. The lowest BCUT2D eigenvalue weighted by molar-refractivity contribution is -0.153. The van der Waals surface area contributed by atoms with Crippen molar-refractivity contribution >= 4 is 11.6 Å². The molecular formula is C38H51F3N2O6. The zero-order chi connectivity index (χ0) is 35.6. The first-order chi connectivity index (χ1) is 23.2. The molecule has 2 fully saturated rings. The van der Waals surface area contributed by atoms with Crippen LogP contribution in [0.3, 0.4) is 0 Å². The number of piperidine rings is 2. The average Bonchev–Trinajstić information content (AvgIpc) is 3.03. The highest BCUT2D eigenvalue weighted by atomic mass is 19.4. The third kappa shape index (κ3) is 8.71. The molecule has 6 rings (SSSR count). The van der Waals surface area contributed by atoms with Gasteiger partial charge in [0, 0.05) is 62.9 Å². The van der Waals surface area contributed by atoms with Gasteiger partial charge in [-0.2, -0.15) is 13.2 Å². The van der Waals surface area contributed by atoms with Crippen LogP contribution in [0.1, 0.15) is 87.7 Å². The molecule has 49 heavy (non-hydrogen) atoms. The van der Waals surface area contributed by atoms with Crippen LogP contribution in [0.25, 0.3) is 0 Å². The van der Waals surface area contributed by atoms with Crippen molar-refractivity contribution in [3.05, 3.63) is 46.5 Å². The summed E-state index contributed by atoms with van der Waals surface area (Å²) in [4.78, 5) is 29.9. The topological polar surface area (TPSA) is 88.5 Å². The Morgan fingerprint density at radius 1 is 0.755 bits per heavy atom. The fourth-order valence-electron chi connectivity index (χ4n) is 8.08. The number of alkyl halides is 3. The number of phenols is 1. The minimum absolute atomic E-state index is 0.0322. The van der Waals surface area contributed by atoms with Gasteiger partial charge in [0.05, 0.1) is 14.2 Å². The second-order valence-electron chi connectivity index (χ2n) is 14.8. The first-order valence-corrected chi connectivity index (χ1v) is 17.5. The van der Waals surface area contributed by atoms with Crippen molar-refractivity contribution < 1.29 is 42.1 Å². The molecule has 2 saturated heterocycles. The highest BCUT2D eigenvalue weighted by Crippen LogP contribution is 2.44. The van der Waals surface area contributed by atoms with Gasteiger partial charge in [0.2, 0.25) is 0 Å². The average molecular weight is 689 g/mol. The van der Waals surface area contributed by atoms with E-state index in [9.17, 15) is 27.9 Å². The smallest absolute Gasteiger partial charge is 0.422 e. The highest BCUT2D eigenvalue weighted by Gasteiger charge is 2.40. The molecule has 0 radical (unpaired) electrons. The number of phenolic OH excluding ortho intramolecular Hbond substituents is 1. The molecule has 270 valence electrons. The Morgan fingerprint density at radius 3 is 1.67 bits per heavy atom. The number of nitrogens with zero attached hydrogens (tertiary/aromatic N) is 2. The van der Waals surface area contributed by atoms with E-state index < -0.39 is 12.8 Å². The second kappa shape index (κ2) is 15.3. The summed E-state index contributed by atoms with van der Waals surface area (Å²) in [5.74, 6) is 2.99. The van der Waals surface area contributed by atoms with Crippen LogP contribution in [-0.2, 0) is 22.4 Å². The van der Waals surface area contributed by atoms with E-state index in [1.54, 1.807) is 25.3 Å². The molecule has 0 aliphatic carbocycles. The van der Waals surface area contributed by atoms with Crippen LogP contribution in [0.2, 0.25) is 0 Å². The Labute approximate surface area is 287 Å². The Bertz CT molecular complexity index is 1510. The number of hydrogen-bond donors (Lipinski definition) is 1. The van der Waals surface area contributed by atoms with Crippen molar-refractivity contribution in [2.75, 3.05) is 47.0 Å². The predicted molar refractivity (Wildman–Crippen MR) is 180 cm³/mol. The van der Waals surface area contributed by atoms with Gasteiger partial charge in [0.1, 0.15) is 11.6 Å². The van der Waals surface area contributed by atoms with Gasteiger partial charge in [0.15, 0.2) is 29.6 Å². The molecule has 1 N–H and O–H groups in total. The SMILES string of the molecule is COc1cc2c(cc1O)CCN1CC(CC(C)C)C(=O)CC21.COc1cc2c(cc1OCC(F)(F)F)CCN1CC(CC(C)C)C(=O)CC21. The summed E-state index contributed by atoms with van der Waals surface area (Å²) >= 11 is 0. The third-order valence-electron chi connectivity index (χ3n) is 10.3. The van der Waals surface area contributed by atoms with E-state index in [4.69, 9.17) is 14.2 Å². The van der Waals surface area contributed by atoms with Crippen LogP contribution in [-0.4, -0.2) is 79.7 Å². The molecule has 4 unspecified atom stereocenters. The Kier molecular flexibility index (Phi) is 11.5. The Balaban J connectivity index is 0.000000195. The molecule has 4 heterocycles. The van der Waals surface area contributed by atoms with E-state index in [1.165, 1.54) is 7.11 Å². The molecule has 0 bridgehead atoms. The van der Waals surface area contributed by atoms with Crippen LogP contribution < -0.4 is 14.2 Å². The summed E-state index contributed by atoms with van der Waals surface area (Å²) in [6.45, 7) is 10.6. The van der Waals surface area contributed by atoms with Crippen molar-refractivity contribution in [1.82, 2.24) is 9.80 Å². The van der Waals surface area contributed by atoms with Gasteiger partial charge < -0.3 is 19.3 Å². The number of carbonyl (C=O) groups is 2. The van der Waals surface area contributed by atoms with E-state index >= 15 is 0 Å². The Morgan fingerprint density at radius 2 is 1.22 bits per heavy atom. The summed E-state index contributed by atoms with van der Waals surface area (Å²) in [5, 5.41) is 9.95. The van der Waals surface area contributed by atoms with E-state index in [0.717, 1.165) is 74.1 Å². The summed E-state index contributed by atoms with van der Waals surface area (Å²) in [7, 11) is 2.97. The number of methoxy groups -OCH3 is 2. The minimum atomic E-state index is -4.40. The summed E-state index contributed by atoms with van der Waals surface area (Å²) in [5.41, 5.74) is 4.20. The fourth-order valence-corrected chi connectivity index (χ4v) is 8.08. The molecule has 8 nitrogen and oxygen atoms in total. The monoisotopic (exact) mass is 688 g/mol. The van der Waals surface area contributed by atoms with Crippen molar-refractivity contribution in [2.24, 2.45) is 23.7 Å². The van der Waals surface area contributed by atoms with Crippen LogP contribution in [0.4, 0.5) is 13.2 Å². The van der Waals surface area contributed by atoms with Crippen molar-refractivity contribution in [2.45, 2.75) is 84.5 Å². The molecule has 4 aliphatic heterocycles. The first kappa shape index (κ1) is 37.0. The molecule has 0 aromatic heterocycles. The van der Waals surface area contributed by atoms with Gasteiger partial charge in [-0.05, 0) is 84.0 Å². The minimum Gasteiger partial charge on any atom is -0.504 e. The van der Waals surface area contributed by atoms with Crippen molar-refractivity contribution in [3.8, 4) is 23.0 Å². The number of Topliss-reactive ketones (excluding diaryl/α,β-unsaturated/α-hetero) is 2. The van der Waals surface area contributed by atoms with Crippen LogP contribution in [0.15, 0.2) is 24.3 Å². The number of ketones is 2. The molecule has 0 saturated carbocycles. The molecule has 0 amide bonds. The van der Waals surface area contributed by atoms with Crippen LogP contribution in [0.5, 0.6) is 23.0 Å². The number of fused-ring (bicyclic) bond motifs is 6. The Hall–Kier alpha value is -3.31. The molecular weight excluding hydrogens is 637 g/mol. The predicted octanol–water partition coefficient (Wildman–Crippen LogP) is 7.11. The van der Waals surface area contributed by atoms with Crippen molar-refractivity contribution in [3.63, 3.8) is 0 Å². The molecule has 0 spiro atoms. The summed E-state index contributed by atoms with van der Waals surface area (Å²) in [6, 6.07) is 7.22. The number of carbonyl (C=O) groups excluding carboxylic acids is 2. The molecule has 4 atom stereocenters. The lowest BCUT2D eigenvalue weighted by Gasteiger charge is -2.43. The quantitative estimate of drug-likeness (QED) is 0.314. The maximum atomic E-state index is 12.6. The highest BCUT2D eigenvalue weighted by molar-refractivity contribution is 5.83. The number of rotatable bonds is 8. The molecule has 4 aliphatic rings. The van der Waals surface area contributed by atoms with Gasteiger partial charge in [-0.3, -0.25) is 19.4 Å². The number of halogens is 3.